The van der Waals surface area contributed by atoms with Gasteiger partial charge in [0, 0.05) is 11.0 Å². The number of benzene rings is 1. The van der Waals surface area contributed by atoms with Crippen molar-refractivity contribution < 1.29 is 17.6 Å². The van der Waals surface area contributed by atoms with Crippen molar-refractivity contribution in [1.29, 1.82) is 0 Å². The van der Waals surface area contributed by atoms with Crippen LogP contribution in [0.1, 0.15) is 12.8 Å². The second-order valence-electron chi connectivity index (χ2n) is 5.51. The van der Waals surface area contributed by atoms with E-state index < -0.39 is 17.9 Å². The Kier molecular flexibility index (Phi) is 4.07. The molecule has 1 atom stereocenters. The van der Waals surface area contributed by atoms with Gasteiger partial charge in [-0.2, -0.15) is 13.2 Å². The summed E-state index contributed by atoms with van der Waals surface area (Å²) >= 11 is 3.29. The number of fused-ring (bicyclic) bond motifs is 1. The van der Waals surface area contributed by atoms with Crippen molar-refractivity contribution in [3.63, 3.8) is 0 Å². The molecule has 1 fully saturated rings. The number of piperidine rings is 1. The van der Waals surface area contributed by atoms with Crippen molar-refractivity contribution in [2.24, 2.45) is 5.92 Å². The molecule has 22 heavy (non-hydrogen) atoms. The number of aromatic nitrogens is 1. The first-order chi connectivity index (χ1) is 10.3. The zero-order chi connectivity index (χ0) is 15.9. The molecule has 0 spiro atoms. The van der Waals surface area contributed by atoms with Crippen molar-refractivity contribution in [2.45, 2.75) is 25.7 Å². The Bertz CT molecular complexity index is 738. The Morgan fingerprint density at radius 1 is 1.36 bits per heavy atom. The predicted octanol–water partition coefficient (Wildman–Crippen LogP) is 3.59. The van der Waals surface area contributed by atoms with E-state index in [2.05, 4.69) is 15.9 Å². The molecule has 1 aliphatic heterocycles. The number of alkyl halides is 3. The van der Waals surface area contributed by atoms with Crippen molar-refractivity contribution in [1.82, 2.24) is 9.47 Å². The zero-order valence-corrected chi connectivity index (χ0v) is 13.2. The highest BCUT2D eigenvalue weighted by Gasteiger charge is 2.41. The molecule has 1 unspecified atom stereocenters. The second kappa shape index (κ2) is 5.73. The lowest BCUT2D eigenvalue weighted by Crippen LogP contribution is -2.43. The summed E-state index contributed by atoms with van der Waals surface area (Å²) in [6.07, 6.45) is -3.57. The van der Waals surface area contributed by atoms with Gasteiger partial charge in [-0.25, -0.2) is 4.79 Å². The normalized spacial score (nSPS) is 20.6. The molecule has 0 radical (unpaired) electrons. The number of rotatable bonds is 2. The van der Waals surface area contributed by atoms with Crippen LogP contribution in [-0.4, -0.2) is 28.7 Å². The molecule has 0 amide bonds. The van der Waals surface area contributed by atoms with Crippen LogP contribution in [0, 0.1) is 5.92 Å². The van der Waals surface area contributed by atoms with Gasteiger partial charge in [-0.1, -0.05) is 15.9 Å². The van der Waals surface area contributed by atoms with Crippen LogP contribution in [-0.2, 0) is 6.67 Å². The zero-order valence-electron chi connectivity index (χ0n) is 11.6. The monoisotopic (exact) mass is 378 g/mol. The van der Waals surface area contributed by atoms with Gasteiger partial charge in [0.05, 0.1) is 18.1 Å². The van der Waals surface area contributed by atoms with Crippen LogP contribution >= 0.6 is 15.9 Å². The molecular formula is C14H14BrF3N2O2. The number of hydrogen-bond acceptors (Lipinski definition) is 3. The summed E-state index contributed by atoms with van der Waals surface area (Å²) in [5.74, 6) is -1.88. The molecule has 1 saturated heterocycles. The van der Waals surface area contributed by atoms with Gasteiger partial charge in [-0.3, -0.25) is 9.47 Å². The highest BCUT2D eigenvalue weighted by Crippen LogP contribution is 2.33. The van der Waals surface area contributed by atoms with Gasteiger partial charge in [0.2, 0.25) is 0 Å². The maximum Gasteiger partial charge on any atom is 0.421 e. The lowest BCUT2D eigenvalue weighted by Gasteiger charge is -2.33. The summed E-state index contributed by atoms with van der Waals surface area (Å²) in [4.78, 5) is 13.6. The number of halogens is 4. The van der Waals surface area contributed by atoms with Crippen molar-refractivity contribution in [3.8, 4) is 0 Å². The Hall–Kier alpha value is -1.28. The SMILES string of the molecule is O=c1oc2cc(Br)ccc2n1CN1CCCC(C(F)(F)F)C1. The minimum atomic E-state index is -4.19. The molecule has 8 heteroatoms. The van der Waals surface area contributed by atoms with Gasteiger partial charge in [0.15, 0.2) is 5.58 Å². The third-order valence-electron chi connectivity index (χ3n) is 3.94. The molecule has 2 heterocycles. The van der Waals surface area contributed by atoms with Gasteiger partial charge in [-0.15, -0.1) is 0 Å². The van der Waals surface area contributed by atoms with Gasteiger partial charge in [0.25, 0.3) is 0 Å². The molecule has 0 bridgehead atoms. The maximum atomic E-state index is 12.9. The Balaban J connectivity index is 1.84. The molecule has 4 nitrogen and oxygen atoms in total. The van der Waals surface area contributed by atoms with E-state index in [1.807, 2.05) is 0 Å². The van der Waals surface area contributed by atoms with E-state index in [1.165, 1.54) is 4.57 Å². The predicted molar refractivity (Wildman–Crippen MR) is 78.5 cm³/mol. The van der Waals surface area contributed by atoms with Gasteiger partial charge >= 0.3 is 11.9 Å². The Morgan fingerprint density at radius 3 is 2.86 bits per heavy atom. The van der Waals surface area contributed by atoms with E-state index >= 15 is 0 Å². The third-order valence-corrected chi connectivity index (χ3v) is 4.43. The van der Waals surface area contributed by atoms with Crippen molar-refractivity contribution in [2.75, 3.05) is 13.1 Å². The standard InChI is InChI=1S/C14H14BrF3N2O2/c15-10-3-4-11-12(6-10)22-13(21)20(11)8-19-5-1-2-9(7-19)14(16,17)18/h3-4,6,9H,1-2,5,7-8H2. The Morgan fingerprint density at radius 2 is 2.14 bits per heavy atom. The first-order valence-electron chi connectivity index (χ1n) is 6.92. The van der Waals surface area contributed by atoms with Crippen LogP contribution < -0.4 is 5.76 Å². The summed E-state index contributed by atoms with van der Waals surface area (Å²) in [6, 6.07) is 5.15. The fourth-order valence-corrected chi connectivity index (χ4v) is 3.17. The number of nitrogens with zero attached hydrogens (tertiary/aromatic N) is 2. The Labute approximate surface area is 132 Å². The number of oxazole rings is 1. The van der Waals surface area contributed by atoms with Crippen LogP contribution in [0.3, 0.4) is 0 Å². The molecule has 120 valence electrons. The van der Waals surface area contributed by atoms with Gasteiger partial charge < -0.3 is 4.42 Å². The van der Waals surface area contributed by atoms with Crippen molar-refractivity contribution >= 4 is 27.0 Å². The van der Waals surface area contributed by atoms with Crippen LogP contribution in [0.25, 0.3) is 11.1 Å². The smallest absolute Gasteiger partial charge is 0.408 e. The maximum absolute atomic E-state index is 12.9. The summed E-state index contributed by atoms with van der Waals surface area (Å²) in [6.45, 7) is 0.571. The van der Waals surface area contributed by atoms with Crippen LogP contribution in [0.5, 0.6) is 0 Å². The lowest BCUT2D eigenvalue weighted by molar-refractivity contribution is -0.188. The lowest BCUT2D eigenvalue weighted by atomic mass is 9.98. The molecular weight excluding hydrogens is 365 g/mol. The first kappa shape index (κ1) is 15.6. The van der Waals surface area contributed by atoms with Gasteiger partial charge in [0.1, 0.15) is 0 Å². The molecule has 0 saturated carbocycles. The summed E-state index contributed by atoms with van der Waals surface area (Å²) in [5, 5.41) is 0. The second-order valence-corrected chi connectivity index (χ2v) is 6.42. The molecule has 1 aliphatic rings. The quantitative estimate of drug-likeness (QED) is 0.801. The highest BCUT2D eigenvalue weighted by molar-refractivity contribution is 9.10. The minimum absolute atomic E-state index is 0.0842. The van der Waals surface area contributed by atoms with E-state index in [-0.39, 0.29) is 19.6 Å². The van der Waals surface area contributed by atoms with Crippen LogP contribution in [0.2, 0.25) is 0 Å². The van der Waals surface area contributed by atoms with E-state index in [1.54, 1.807) is 23.1 Å². The molecule has 3 rings (SSSR count). The van der Waals surface area contributed by atoms with E-state index in [9.17, 15) is 18.0 Å². The summed E-state index contributed by atoms with van der Waals surface area (Å²) in [7, 11) is 0. The molecule has 1 aromatic heterocycles. The van der Waals surface area contributed by atoms with E-state index in [4.69, 9.17) is 4.42 Å². The topological polar surface area (TPSA) is 38.4 Å². The number of likely N-dealkylation sites (tertiary alicyclic amines) is 1. The van der Waals surface area contributed by atoms with Gasteiger partial charge in [-0.05, 0) is 37.6 Å². The molecule has 2 aromatic rings. The average molecular weight is 379 g/mol. The summed E-state index contributed by atoms with van der Waals surface area (Å²) < 4.78 is 45.8. The summed E-state index contributed by atoms with van der Waals surface area (Å²) in [5.41, 5.74) is 1.01. The van der Waals surface area contributed by atoms with Crippen LogP contribution in [0.4, 0.5) is 13.2 Å². The third kappa shape index (κ3) is 3.08. The highest BCUT2D eigenvalue weighted by atomic mass is 79.9. The fourth-order valence-electron chi connectivity index (χ4n) is 2.83. The van der Waals surface area contributed by atoms with Crippen molar-refractivity contribution in [3.05, 3.63) is 33.2 Å². The van der Waals surface area contributed by atoms with E-state index in [0.717, 1.165) is 4.47 Å². The molecule has 0 N–H and O–H groups in total. The largest absolute Gasteiger partial charge is 0.421 e. The molecule has 1 aromatic carbocycles. The first-order valence-corrected chi connectivity index (χ1v) is 7.72. The minimum Gasteiger partial charge on any atom is -0.408 e. The number of hydrogen-bond donors (Lipinski definition) is 0. The fraction of sp³-hybridized carbons (Fsp3) is 0.500. The van der Waals surface area contributed by atoms with Crippen LogP contribution in [0.15, 0.2) is 31.9 Å². The average Bonchev–Trinajstić information content (AvgIpc) is 2.74. The molecule has 0 aliphatic carbocycles. The van der Waals surface area contributed by atoms with E-state index in [0.29, 0.717) is 24.1 Å².